The summed E-state index contributed by atoms with van der Waals surface area (Å²) in [6.07, 6.45) is 4.79. The summed E-state index contributed by atoms with van der Waals surface area (Å²) in [4.78, 5) is 58.6. The lowest BCUT2D eigenvalue weighted by Crippen LogP contribution is -2.58. The van der Waals surface area contributed by atoms with Crippen LogP contribution in [0.1, 0.15) is 48.8 Å². The number of amides is 2. The molecule has 0 spiro atoms. The predicted molar refractivity (Wildman–Crippen MR) is 169 cm³/mol. The van der Waals surface area contributed by atoms with Crippen molar-refractivity contribution in [2.75, 3.05) is 6.54 Å². The van der Waals surface area contributed by atoms with Gasteiger partial charge in [-0.25, -0.2) is 0 Å². The molecule has 7 heteroatoms. The summed E-state index contributed by atoms with van der Waals surface area (Å²) in [6, 6.07) is 23.7. The summed E-state index contributed by atoms with van der Waals surface area (Å²) in [6.45, 7) is 2.30. The number of benzene rings is 3. The van der Waals surface area contributed by atoms with Crippen LogP contribution >= 0.6 is 15.9 Å². The molecule has 1 N–H and O–H groups in total. The van der Waals surface area contributed by atoms with Gasteiger partial charge in [0.25, 0.3) is 0 Å². The lowest BCUT2D eigenvalue weighted by molar-refractivity contribution is -0.140. The van der Waals surface area contributed by atoms with E-state index in [-0.39, 0.29) is 35.6 Å². The number of likely N-dealkylation sites (tertiary alicyclic amines) is 1. The Morgan fingerprint density at radius 3 is 2.32 bits per heavy atom. The molecule has 0 bridgehead atoms. The minimum absolute atomic E-state index is 0.00967. The summed E-state index contributed by atoms with van der Waals surface area (Å²) in [7, 11) is 0. The summed E-state index contributed by atoms with van der Waals surface area (Å²) < 4.78 is 0.720. The Labute approximate surface area is 264 Å². The molecule has 2 fully saturated rings. The maximum Gasteiger partial charge on any atom is 0.233 e. The number of carbonyl (C=O) groups is 4. The zero-order valence-corrected chi connectivity index (χ0v) is 25.9. The molecule has 4 aliphatic rings. The van der Waals surface area contributed by atoms with Crippen LogP contribution in [0.15, 0.2) is 101 Å². The fourth-order valence-electron chi connectivity index (χ4n) is 8.48. The van der Waals surface area contributed by atoms with Crippen molar-refractivity contribution in [3.63, 3.8) is 0 Å². The Kier molecular flexibility index (Phi) is 7.04. The van der Waals surface area contributed by atoms with Gasteiger partial charge in [-0.3, -0.25) is 24.1 Å². The number of fused-ring (bicyclic) bond motifs is 4. The lowest BCUT2D eigenvalue weighted by atomic mass is 9.44. The first-order chi connectivity index (χ1) is 21.3. The van der Waals surface area contributed by atoms with Crippen LogP contribution < -0.4 is 0 Å². The van der Waals surface area contributed by atoms with Gasteiger partial charge in [0.15, 0.2) is 11.6 Å². The van der Waals surface area contributed by atoms with Crippen molar-refractivity contribution in [3.05, 3.63) is 118 Å². The molecule has 44 heavy (non-hydrogen) atoms. The van der Waals surface area contributed by atoms with Gasteiger partial charge in [0.05, 0.1) is 17.3 Å². The molecular formula is C37H32BrNO5. The zero-order chi connectivity index (χ0) is 30.7. The SMILES string of the molecule is CCCN1C(=O)C2CC=C3C(CC4C(=O)C(c5ccccc5)=CC(=O)C4(c4ccccc4)C3c3cc(Br)ccc3O)C2C1=O. The van der Waals surface area contributed by atoms with E-state index < -0.39 is 35.0 Å². The predicted octanol–water partition coefficient (Wildman–Crippen LogP) is 6.39. The number of ketones is 2. The summed E-state index contributed by atoms with van der Waals surface area (Å²) in [5, 5.41) is 11.4. The molecule has 6 unspecified atom stereocenters. The van der Waals surface area contributed by atoms with Crippen molar-refractivity contribution in [2.45, 2.75) is 37.5 Å². The van der Waals surface area contributed by atoms with Gasteiger partial charge >= 0.3 is 0 Å². The van der Waals surface area contributed by atoms with Gasteiger partial charge in [-0.2, -0.15) is 0 Å². The van der Waals surface area contributed by atoms with Crippen molar-refractivity contribution in [1.82, 2.24) is 4.90 Å². The molecule has 1 saturated heterocycles. The molecule has 1 aliphatic heterocycles. The van der Waals surface area contributed by atoms with Crippen LogP contribution in [0.2, 0.25) is 0 Å². The van der Waals surface area contributed by atoms with E-state index in [2.05, 4.69) is 15.9 Å². The molecular weight excluding hydrogens is 618 g/mol. The number of imide groups is 1. The number of hydrogen-bond acceptors (Lipinski definition) is 5. The highest BCUT2D eigenvalue weighted by Gasteiger charge is 2.66. The van der Waals surface area contributed by atoms with Crippen molar-refractivity contribution in [3.8, 4) is 5.75 Å². The van der Waals surface area contributed by atoms with Crippen molar-refractivity contribution in [1.29, 1.82) is 0 Å². The van der Waals surface area contributed by atoms with Gasteiger partial charge < -0.3 is 5.11 Å². The van der Waals surface area contributed by atoms with Gasteiger partial charge in [0.2, 0.25) is 11.8 Å². The minimum atomic E-state index is -1.36. The van der Waals surface area contributed by atoms with Crippen LogP contribution in [0.25, 0.3) is 5.57 Å². The second-order valence-corrected chi connectivity index (χ2v) is 13.2. The number of nitrogens with zero attached hydrogens (tertiary/aromatic N) is 1. The van der Waals surface area contributed by atoms with Gasteiger partial charge in [-0.15, -0.1) is 0 Å². The topological polar surface area (TPSA) is 91.8 Å². The molecule has 3 aliphatic carbocycles. The number of hydrogen-bond donors (Lipinski definition) is 1. The van der Waals surface area contributed by atoms with Crippen LogP contribution in [-0.4, -0.2) is 39.9 Å². The Morgan fingerprint density at radius 2 is 1.61 bits per heavy atom. The van der Waals surface area contributed by atoms with Gasteiger partial charge in [0.1, 0.15) is 5.75 Å². The highest BCUT2D eigenvalue weighted by Crippen LogP contribution is 2.64. The maximum absolute atomic E-state index is 14.9. The molecule has 6 atom stereocenters. The second-order valence-electron chi connectivity index (χ2n) is 12.3. The number of aromatic hydroxyl groups is 1. The third kappa shape index (κ3) is 4.05. The van der Waals surface area contributed by atoms with E-state index >= 15 is 0 Å². The van der Waals surface area contributed by atoms with Crippen LogP contribution in [-0.2, 0) is 24.6 Å². The number of rotatable bonds is 5. The first kappa shape index (κ1) is 28.7. The lowest BCUT2D eigenvalue weighted by Gasteiger charge is -2.55. The highest BCUT2D eigenvalue weighted by atomic mass is 79.9. The minimum Gasteiger partial charge on any atom is -0.508 e. The first-order valence-corrected chi connectivity index (χ1v) is 16.0. The Bertz CT molecular complexity index is 1760. The quantitative estimate of drug-likeness (QED) is 0.255. The summed E-state index contributed by atoms with van der Waals surface area (Å²) in [5.74, 6) is -3.84. The monoisotopic (exact) mass is 649 g/mol. The molecule has 0 radical (unpaired) electrons. The van der Waals surface area contributed by atoms with E-state index in [0.717, 1.165) is 10.0 Å². The third-order valence-corrected chi connectivity index (χ3v) is 10.7. The summed E-state index contributed by atoms with van der Waals surface area (Å²) in [5.41, 5.74) is 1.71. The Balaban J connectivity index is 1.51. The van der Waals surface area contributed by atoms with Crippen LogP contribution in [0, 0.1) is 23.7 Å². The van der Waals surface area contributed by atoms with E-state index in [1.165, 1.54) is 11.0 Å². The molecule has 0 aromatic heterocycles. The van der Waals surface area contributed by atoms with E-state index in [4.69, 9.17) is 0 Å². The maximum atomic E-state index is 14.9. The largest absolute Gasteiger partial charge is 0.508 e. The smallest absolute Gasteiger partial charge is 0.233 e. The molecule has 7 rings (SSSR count). The van der Waals surface area contributed by atoms with E-state index in [0.29, 0.717) is 41.6 Å². The average molecular weight is 651 g/mol. The number of halogens is 1. The molecule has 3 aromatic carbocycles. The number of allylic oxidation sites excluding steroid dienone is 4. The van der Waals surface area contributed by atoms with E-state index in [1.807, 2.05) is 79.7 Å². The molecule has 3 aromatic rings. The Hall–Kier alpha value is -4.10. The fourth-order valence-corrected chi connectivity index (χ4v) is 8.86. The molecule has 6 nitrogen and oxygen atoms in total. The molecule has 1 heterocycles. The van der Waals surface area contributed by atoms with E-state index in [9.17, 15) is 24.3 Å². The Morgan fingerprint density at radius 1 is 0.909 bits per heavy atom. The molecule has 222 valence electrons. The average Bonchev–Trinajstić information content (AvgIpc) is 3.29. The summed E-state index contributed by atoms with van der Waals surface area (Å²) >= 11 is 3.57. The standard InChI is InChI=1S/C37H32BrNO5/c1-2-17-39-35(43)25-15-14-24-27(32(25)36(39)44)19-29-34(42)26(21-9-5-3-6-10-21)20-31(41)37(29,22-11-7-4-8-12-22)33(24)28-18-23(38)13-16-30(28)40/h3-14,16,18,20,25,27,29,32-33,40H,2,15,17,19H2,1H3. The number of carbonyl (C=O) groups excluding carboxylic acids is 4. The molecule has 2 amide bonds. The zero-order valence-electron chi connectivity index (χ0n) is 24.3. The normalized spacial score (nSPS) is 29.5. The van der Waals surface area contributed by atoms with E-state index in [1.54, 1.807) is 12.1 Å². The van der Waals surface area contributed by atoms with Crippen LogP contribution in [0.3, 0.4) is 0 Å². The fraction of sp³-hybridized carbons (Fsp3) is 0.297. The van der Waals surface area contributed by atoms with Gasteiger partial charge in [-0.05, 0) is 60.6 Å². The number of Topliss-reactive ketones (excluding diaryl/α,β-unsaturated/α-hetero) is 1. The van der Waals surface area contributed by atoms with Crippen molar-refractivity contribution < 1.29 is 24.3 Å². The van der Waals surface area contributed by atoms with Crippen molar-refractivity contribution >= 4 is 44.9 Å². The van der Waals surface area contributed by atoms with Gasteiger partial charge in [0, 0.05) is 34.0 Å². The highest BCUT2D eigenvalue weighted by molar-refractivity contribution is 9.10. The van der Waals surface area contributed by atoms with Crippen molar-refractivity contribution in [2.24, 2.45) is 23.7 Å². The second kappa shape index (κ2) is 10.8. The third-order valence-electron chi connectivity index (χ3n) is 10.2. The molecule has 1 saturated carbocycles. The van der Waals surface area contributed by atoms with Crippen LogP contribution in [0.5, 0.6) is 5.75 Å². The van der Waals surface area contributed by atoms with Gasteiger partial charge in [-0.1, -0.05) is 95.2 Å². The number of phenolic OH excluding ortho intramolecular Hbond substituents is 1. The number of phenols is 1. The first-order valence-electron chi connectivity index (χ1n) is 15.2. The van der Waals surface area contributed by atoms with Crippen LogP contribution in [0.4, 0.5) is 0 Å².